The predicted molar refractivity (Wildman–Crippen MR) is 71.9 cm³/mol. The lowest BCUT2D eigenvalue weighted by Gasteiger charge is -2.40. The van der Waals surface area contributed by atoms with Gasteiger partial charge in [-0.2, -0.15) is 0 Å². The number of carbonyl (C=O) groups excluding carboxylic acids is 1. The lowest BCUT2D eigenvalue weighted by Crippen LogP contribution is -2.50. The van der Waals surface area contributed by atoms with Gasteiger partial charge in [-0.25, -0.2) is 0 Å². The third-order valence-electron chi connectivity index (χ3n) is 3.97. The van der Waals surface area contributed by atoms with Gasteiger partial charge in [-0.1, -0.05) is 20.8 Å². The van der Waals surface area contributed by atoms with E-state index in [1.807, 2.05) is 21.0 Å². The zero-order chi connectivity index (χ0) is 13.2. The Morgan fingerprint density at radius 3 is 2.47 bits per heavy atom. The van der Waals surface area contributed by atoms with E-state index in [2.05, 4.69) is 26.1 Å². The normalized spacial score (nSPS) is 29.8. The maximum atomic E-state index is 11.8. The van der Waals surface area contributed by atoms with E-state index in [1.165, 1.54) is 19.3 Å². The molecule has 0 saturated heterocycles. The molecule has 1 N–H and O–H groups in total. The van der Waals surface area contributed by atoms with Gasteiger partial charge in [0.2, 0.25) is 5.91 Å². The second-order valence-electron chi connectivity index (χ2n) is 6.61. The zero-order valence-electron chi connectivity index (χ0n) is 12.2. The summed E-state index contributed by atoms with van der Waals surface area (Å²) < 4.78 is 0. The molecule has 17 heavy (non-hydrogen) atoms. The van der Waals surface area contributed by atoms with Crippen molar-refractivity contribution in [2.45, 2.75) is 59.0 Å². The van der Waals surface area contributed by atoms with Gasteiger partial charge >= 0.3 is 0 Å². The van der Waals surface area contributed by atoms with E-state index in [9.17, 15) is 4.79 Å². The first-order chi connectivity index (χ1) is 7.73. The fourth-order valence-corrected chi connectivity index (χ4v) is 2.97. The molecule has 0 aromatic heterocycles. The Balaban J connectivity index is 2.50. The number of hydrogen-bond acceptors (Lipinski definition) is 2. The highest BCUT2D eigenvalue weighted by Crippen LogP contribution is 2.38. The topological polar surface area (TPSA) is 32.3 Å². The Kier molecular flexibility index (Phi) is 4.59. The summed E-state index contributed by atoms with van der Waals surface area (Å²) in [6.07, 6.45) is 3.67. The van der Waals surface area contributed by atoms with Gasteiger partial charge in [0, 0.05) is 20.1 Å². The monoisotopic (exact) mass is 240 g/mol. The van der Waals surface area contributed by atoms with Crippen LogP contribution in [0.25, 0.3) is 0 Å². The molecule has 0 heterocycles. The van der Waals surface area contributed by atoms with Gasteiger partial charge in [0.1, 0.15) is 0 Å². The van der Waals surface area contributed by atoms with E-state index in [4.69, 9.17) is 0 Å². The highest BCUT2D eigenvalue weighted by molar-refractivity contribution is 5.80. The van der Waals surface area contributed by atoms with Crippen LogP contribution in [-0.4, -0.2) is 37.0 Å². The van der Waals surface area contributed by atoms with Crippen molar-refractivity contribution >= 4 is 5.91 Å². The Morgan fingerprint density at radius 2 is 2.00 bits per heavy atom. The number of amides is 1. The van der Waals surface area contributed by atoms with Gasteiger partial charge in [0.05, 0.1) is 6.04 Å². The molecule has 3 nitrogen and oxygen atoms in total. The van der Waals surface area contributed by atoms with E-state index in [1.54, 1.807) is 4.90 Å². The first kappa shape index (κ1) is 14.5. The third kappa shape index (κ3) is 3.98. The molecule has 100 valence electrons. The van der Waals surface area contributed by atoms with Gasteiger partial charge in [-0.15, -0.1) is 0 Å². The fraction of sp³-hybridized carbons (Fsp3) is 0.929. The van der Waals surface area contributed by atoms with Crippen LogP contribution < -0.4 is 5.32 Å². The summed E-state index contributed by atoms with van der Waals surface area (Å²) >= 11 is 0. The molecule has 3 heteroatoms. The molecule has 1 amide bonds. The van der Waals surface area contributed by atoms with Crippen molar-refractivity contribution in [3.63, 3.8) is 0 Å². The van der Waals surface area contributed by atoms with Gasteiger partial charge in [-0.3, -0.25) is 4.79 Å². The van der Waals surface area contributed by atoms with Crippen molar-refractivity contribution in [1.82, 2.24) is 10.2 Å². The summed E-state index contributed by atoms with van der Waals surface area (Å²) in [6.45, 7) is 8.95. The SMILES string of the molecule is CC(NC1CCC(C)(C)CC1C)C(=O)N(C)C. The third-order valence-corrected chi connectivity index (χ3v) is 3.97. The fourth-order valence-electron chi connectivity index (χ4n) is 2.97. The van der Waals surface area contributed by atoms with Crippen LogP contribution in [0.15, 0.2) is 0 Å². The second-order valence-corrected chi connectivity index (χ2v) is 6.61. The van der Waals surface area contributed by atoms with Gasteiger partial charge in [0.15, 0.2) is 0 Å². The van der Waals surface area contributed by atoms with E-state index < -0.39 is 0 Å². The molecule has 0 radical (unpaired) electrons. The average Bonchev–Trinajstić information content (AvgIpc) is 2.20. The van der Waals surface area contributed by atoms with Crippen LogP contribution in [0.2, 0.25) is 0 Å². The summed E-state index contributed by atoms with van der Waals surface area (Å²) in [5.41, 5.74) is 0.465. The molecule has 3 atom stereocenters. The predicted octanol–water partition coefficient (Wildman–Crippen LogP) is 2.27. The highest BCUT2D eigenvalue weighted by Gasteiger charge is 2.33. The van der Waals surface area contributed by atoms with Crippen LogP contribution in [0.3, 0.4) is 0 Å². The van der Waals surface area contributed by atoms with Crippen LogP contribution in [0.4, 0.5) is 0 Å². The second kappa shape index (κ2) is 5.38. The van der Waals surface area contributed by atoms with E-state index in [-0.39, 0.29) is 11.9 Å². The van der Waals surface area contributed by atoms with E-state index in [0.717, 1.165) is 0 Å². The summed E-state index contributed by atoms with van der Waals surface area (Å²) in [5, 5.41) is 3.50. The highest BCUT2D eigenvalue weighted by atomic mass is 16.2. The zero-order valence-corrected chi connectivity index (χ0v) is 12.2. The van der Waals surface area contributed by atoms with Crippen LogP contribution in [-0.2, 0) is 4.79 Å². The van der Waals surface area contributed by atoms with Crippen molar-refractivity contribution in [2.75, 3.05) is 14.1 Å². The molecule has 1 aliphatic carbocycles. The number of nitrogens with zero attached hydrogens (tertiary/aromatic N) is 1. The summed E-state index contributed by atoms with van der Waals surface area (Å²) in [4.78, 5) is 13.5. The van der Waals surface area contributed by atoms with Gasteiger partial charge in [0.25, 0.3) is 0 Å². The first-order valence-electron chi connectivity index (χ1n) is 6.70. The molecular formula is C14H28N2O. The van der Waals surface area contributed by atoms with Crippen molar-refractivity contribution in [2.24, 2.45) is 11.3 Å². The average molecular weight is 240 g/mol. The summed E-state index contributed by atoms with van der Waals surface area (Å²) in [6, 6.07) is 0.417. The summed E-state index contributed by atoms with van der Waals surface area (Å²) in [5.74, 6) is 0.818. The van der Waals surface area contributed by atoms with Crippen molar-refractivity contribution < 1.29 is 4.79 Å². The maximum Gasteiger partial charge on any atom is 0.238 e. The van der Waals surface area contributed by atoms with Crippen LogP contribution in [0, 0.1) is 11.3 Å². The quantitative estimate of drug-likeness (QED) is 0.821. The minimum Gasteiger partial charge on any atom is -0.347 e. The number of likely N-dealkylation sites (N-methyl/N-ethyl adjacent to an activating group) is 1. The van der Waals surface area contributed by atoms with Crippen LogP contribution in [0.5, 0.6) is 0 Å². The smallest absolute Gasteiger partial charge is 0.238 e. The van der Waals surface area contributed by atoms with Gasteiger partial charge in [-0.05, 0) is 37.5 Å². The molecule has 1 saturated carbocycles. The molecule has 3 unspecified atom stereocenters. The summed E-state index contributed by atoms with van der Waals surface area (Å²) in [7, 11) is 3.63. The largest absolute Gasteiger partial charge is 0.347 e. The molecular weight excluding hydrogens is 212 g/mol. The number of hydrogen-bond donors (Lipinski definition) is 1. The Morgan fingerprint density at radius 1 is 1.41 bits per heavy atom. The van der Waals surface area contributed by atoms with E-state index in [0.29, 0.717) is 17.4 Å². The minimum absolute atomic E-state index is 0.0707. The van der Waals surface area contributed by atoms with Crippen LogP contribution >= 0.6 is 0 Å². The number of carbonyl (C=O) groups is 1. The van der Waals surface area contributed by atoms with Crippen LogP contribution in [0.1, 0.15) is 47.0 Å². The molecule has 0 aromatic carbocycles. The standard InChI is InChI=1S/C14H28N2O/c1-10-9-14(3,4)8-7-12(10)15-11(2)13(17)16(5)6/h10-12,15H,7-9H2,1-6H3. The lowest BCUT2D eigenvalue weighted by molar-refractivity contribution is -0.130. The molecule has 1 rings (SSSR count). The molecule has 0 bridgehead atoms. The van der Waals surface area contributed by atoms with Gasteiger partial charge < -0.3 is 10.2 Å². The first-order valence-corrected chi connectivity index (χ1v) is 6.70. The Bertz CT molecular complexity index is 273. The van der Waals surface area contributed by atoms with Crippen molar-refractivity contribution in [3.8, 4) is 0 Å². The Hall–Kier alpha value is -0.570. The lowest BCUT2D eigenvalue weighted by atomic mass is 9.70. The van der Waals surface area contributed by atoms with Crippen molar-refractivity contribution in [1.29, 1.82) is 0 Å². The number of rotatable bonds is 3. The molecule has 0 aromatic rings. The maximum absolute atomic E-state index is 11.8. The molecule has 1 aliphatic rings. The van der Waals surface area contributed by atoms with Crippen molar-refractivity contribution in [3.05, 3.63) is 0 Å². The van der Waals surface area contributed by atoms with E-state index >= 15 is 0 Å². The molecule has 0 spiro atoms. The Labute approximate surface area is 106 Å². The molecule has 0 aliphatic heterocycles. The number of nitrogens with one attached hydrogen (secondary N) is 1. The molecule has 1 fully saturated rings. The minimum atomic E-state index is -0.0707.